The summed E-state index contributed by atoms with van der Waals surface area (Å²) in [6.45, 7) is 0.406. The number of hydrogen-bond donors (Lipinski definition) is 3. The van der Waals surface area contributed by atoms with Crippen LogP contribution in [0, 0.1) is 0 Å². The van der Waals surface area contributed by atoms with Crippen LogP contribution in [-0.4, -0.2) is 66.4 Å². The van der Waals surface area contributed by atoms with Crippen molar-refractivity contribution in [3.63, 3.8) is 0 Å². The molecule has 9 heteroatoms. The van der Waals surface area contributed by atoms with E-state index in [1.165, 1.54) is 0 Å². The summed E-state index contributed by atoms with van der Waals surface area (Å²) >= 11 is 0. The van der Waals surface area contributed by atoms with Gasteiger partial charge in [0.2, 0.25) is 23.6 Å². The Kier molecular flexibility index (Phi) is 9.16. The molecule has 42 heavy (non-hydrogen) atoms. The van der Waals surface area contributed by atoms with E-state index in [1.54, 1.807) is 24.1 Å². The van der Waals surface area contributed by atoms with Gasteiger partial charge in [0.25, 0.3) is 0 Å². The number of rotatable bonds is 7. The van der Waals surface area contributed by atoms with Crippen molar-refractivity contribution in [2.45, 2.75) is 56.3 Å². The van der Waals surface area contributed by atoms with Crippen LogP contribution < -0.4 is 20.7 Å². The molecule has 4 amide bonds. The number of methoxy groups -OCH3 is 1. The van der Waals surface area contributed by atoms with E-state index >= 15 is 0 Å². The number of hydrogen-bond acceptors (Lipinski definition) is 5. The van der Waals surface area contributed by atoms with E-state index in [0.717, 1.165) is 16.7 Å². The predicted octanol–water partition coefficient (Wildman–Crippen LogP) is 2.18. The molecule has 0 aliphatic carbocycles. The van der Waals surface area contributed by atoms with Crippen LogP contribution in [0.3, 0.4) is 0 Å². The quantitative estimate of drug-likeness (QED) is 0.404. The molecule has 0 bridgehead atoms. The van der Waals surface area contributed by atoms with Crippen LogP contribution in [0.1, 0.15) is 29.5 Å². The fourth-order valence-corrected chi connectivity index (χ4v) is 5.63. The van der Waals surface area contributed by atoms with Crippen molar-refractivity contribution in [1.29, 1.82) is 0 Å². The van der Waals surface area contributed by atoms with Crippen LogP contribution in [0.4, 0.5) is 0 Å². The number of ether oxygens (including phenoxy) is 1. The zero-order valence-corrected chi connectivity index (χ0v) is 23.6. The summed E-state index contributed by atoms with van der Waals surface area (Å²) < 4.78 is 5.26. The van der Waals surface area contributed by atoms with Crippen LogP contribution in [-0.2, 0) is 38.4 Å². The minimum absolute atomic E-state index is 0.187. The monoisotopic (exact) mass is 568 g/mol. The normalized spacial score (nSPS) is 23.1. The lowest BCUT2D eigenvalue weighted by Gasteiger charge is -2.32. The van der Waals surface area contributed by atoms with Crippen LogP contribution in [0.2, 0.25) is 0 Å². The van der Waals surface area contributed by atoms with Gasteiger partial charge in [0.15, 0.2) is 0 Å². The third-order valence-corrected chi connectivity index (χ3v) is 7.88. The highest BCUT2D eigenvalue weighted by Crippen LogP contribution is 2.21. The first-order valence-corrected chi connectivity index (χ1v) is 14.3. The van der Waals surface area contributed by atoms with Crippen LogP contribution in [0.25, 0.3) is 0 Å². The number of fused-ring (bicyclic) bond motifs is 1. The van der Waals surface area contributed by atoms with E-state index in [0.29, 0.717) is 25.1 Å². The molecule has 9 nitrogen and oxygen atoms in total. The van der Waals surface area contributed by atoms with Crippen LogP contribution >= 0.6 is 0 Å². The summed E-state index contributed by atoms with van der Waals surface area (Å²) in [7, 11) is 1.57. The van der Waals surface area contributed by atoms with Gasteiger partial charge in [-0.2, -0.15) is 0 Å². The van der Waals surface area contributed by atoms with Gasteiger partial charge in [0.05, 0.1) is 7.11 Å². The molecular weight excluding hydrogens is 532 g/mol. The summed E-state index contributed by atoms with van der Waals surface area (Å²) in [6, 6.07) is 22.5. The molecular formula is C33H36N4O5. The number of carbonyl (C=O) groups excluding carboxylic acids is 4. The smallest absolute Gasteiger partial charge is 0.246 e. The Hall–Kier alpha value is -4.66. The first-order valence-electron chi connectivity index (χ1n) is 14.3. The number of carbonyl (C=O) groups is 4. The topological polar surface area (TPSA) is 117 Å². The van der Waals surface area contributed by atoms with E-state index in [9.17, 15) is 19.2 Å². The Labute approximate surface area is 245 Å². The lowest BCUT2D eigenvalue weighted by atomic mass is 9.99. The van der Waals surface area contributed by atoms with Crippen LogP contribution in [0.5, 0.6) is 5.75 Å². The van der Waals surface area contributed by atoms with Crippen molar-refractivity contribution in [3.8, 4) is 5.75 Å². The van der Waals surface area contributed by atoms with E-state index in [-0.39, 0.29) is 31.1 Å². The minimum Gasteiger partial charge on any atom is -0.497 e. The average molecular weight is 569 g/mol. The van der Waals surface area contributed by atoms with Crippen LogP contribution in [0.15, 0.2) is 84.9 Å². The molecule has 2 aliphatic heterocycles. The number of nitrogens with zero attached hydrogens (tertiary/aromatic N) is 1. The molecule has 2 aliphatic rings. The standard InChI is InChI=1S/C33H36N4O5/c1-42-25-16-14-24(15-17-25)20-26-31(39)36-28(21-23-11-6-3-7-12-23)33(41)37-18-8-13-29(37)32(40)35-27(30(38)34-26)19-22-9-4-2-5-10-22/h2-7,9-12,14-17,26-29H,8,13,18-21H2,1H3,(H,34,38)(H,35,40)(H,36,39)/t26-,27+,28+,29-/m1/s1. The van der Waals surface area contributed by atoms with Crippen molar-refractivity contribution in [2.75, 3.05) is 13.7 Å². The van der Waals surface area contributed by atoms with Gasteiger partial charge >= 0.3 is 0 Å². The largest absolute Gasteiger partial charge is 0.497 e. The Bertz CT molecular complexity index is 1400. The van der Waals surface area contributed by atoms with Gasteiger partial charge in [-0.15, -0.1) is 0 Å². The number of nitrogens with one attached hydrogen (secondary N) is 3. The number of benzene rings is 3. The third kappa shape index (κ3) is 6.97. The third-order valence-electron chi connectivity index (χ3n) is 7.88. The van der Waals surface area contributed by atoms with E-state index in [2.05, 4.69) is 16.0 Å². The average Bonchev–Trinajstić information content (AvgIpc) is 3.51. The summed E-state index contributed by atoms with van der Waals surface area (Å²) in [4.78, 5) is 56.7. The lowest BCUT2D eigenvalue weighted by molar-refractivity contribution is -0.143. The fourth-order valence-electron chi connectivity index (χ4n) is 5.63. The van der Waals surface area contributed by atoms with Gasteiger partial charge in [-0.1, -0.05) is 72.8 Å². The zero-order chi connectivity index (χ0) is 29.5. The maximum absolute atomic E-state index is 13.9. The Morgan fingerprint density at radius 2 is 1.12 bits per heavy atom. The number of amides is 4. The highest BCUT2D eigenvalue weighted by Gasteiger charge is 2.40. The molecule has 0 spiro atoms. The Balaban J connectivity index is 1.48. The van der Waals surface area contributed by atoms with Gasteiger partial charge in [0.1, 0.15) is 29.9 Å². The Morgan fingerprint density at radius 1 is 0.643 bits per heavy atom. The molecule has 0 unspecified atom stereocenters. The molecule has 3 aromatic carbocycles. The molecule has 5 rings (SSSR count). The second-order valence-electron chi connectivity index (χ2n) is 10.8. The second kappa shape index (κ2) is 13.3. The van der Waals surface area contributed by atoms with E-state index in [4.69, 9.17) is 4.74 Å². The van der Waals surface area contributed by atoms with E-state index in [1.807, 2.05) is 72.8 Å². The van der Waals surface area contributed by atoms with Crippen molar-refractivity contribution in [2.24, 2.45) is 0 Å². The van der Waals surface area contributed by atoms with Crippen molar-refractivity contribution in [1.82, 2.24) is 20.9 Å². The summed E-state index contributed by atoms with van der Waals surface area (Å²) in [5.74, 6) is -0.926. The maximum Gasteiger partial charge on any atom is 0.246 e. The van der Waals surface area contributed by atoms with Gasteiger partial charge < -0.3 is 25.6 Å². The molecule has 2 heterocycles. The summed E-state index contributed by atoms with van der Waals surface area (Å²) in [6.07, 6.45) is 1.84. The molecule has 0 radical (unpaired) electrons. The summed E-state index contributed by atoms with van der Waals surface area (Å²) in [5.41, 5.74) is 2.54. The molecule has 2 fully saturated rings. The lowest BCUT2D eigenvalue weighted by Crippen LogP contribution is -2.62. The van der Waals surface area contributed by atoms with Gasteiger partial charge in [0, 0.05) is 25.8 Å². The maximum atomic E-state index is 13.9. The molecule has 0 aromatic heterocycles. The molecule has 3 N–H and O–H groups in total. The van der Waals surface area contributed by atoms with Gasteiger partial charge in [-0.25, -0.2) is 0 Å². The SMILES string of the molecule is COc1ccc(C[C@H]2NC(=O)[C@H](Cc3ccccc3)NC(=O)[C@H]3CCCN3C(=O)[C@H](Cc3ccccc3)NC2=O)cc1. The zero-order valence-electron chi connectivity index (χ0n) is 23.6. The molecule has 218 valence electrons. The fraction of sp³-hybridized carbons (Fsp3) is 0.333. The van der Waals surface area contributed by atoms with Gasteiger partial charge in [-0.05, 0) is 41.7 Å². The second-order valence-corrected chi connectivity index (χ2v) is 10.8. The van der Waals surface area contributed by atoms with Crippen molar-refractivity contribution in [3.05, 3.63) is 102 Å². The predicted molar refractivity (Wildman–Crippen MR) is 158 cm³/mol. The Morgan fingerprint density at radius 3 is 1.67 bits per heavy atom. The van der Waals surface area contributed by atoms with Crippen molar-refractivity contribution < 1.29 is 23.9 Å². The molecule has 2 saturated heterocycles. The first-order chi connectivity index (χ1) is 20.4. The highest BCUT2D eigenvalue weighted by atomic mass is 16.5. The highest BCUT2D eigenvalue weighted by molar-refractivity contribution is 5.98. The molecule has 3 aromatic rings. The van der Waals surface area contributed by atoms with Crippen molar-refractivity contribution >= 4 is 23.6 Å². The van der Waals surface area contributed by atoms with E-state index < -0.39 is 36.0 Å². The van der Waals surface area contributed by atoms with Gasteiger partial charge in [-0.3, -0.25) is 19.2 Å². The molecule has 0 saturated carbocycles. The minimum atomic E-state index is -0.985. The molecule has 4 atom stereocenters. The summed E-state index contributed by atoms with van der Waals surface area (Å²) in [5, 5.41) is 8.74. The first kappa shape index (κ1) is 28.9.